The SMILES string of the molecule is O=CC12CCCC1=CC1(CC2)OCCO1. The molecule has 1 saturated carbocycles. The van der Waals surface area contributed by atoms with E-state index in [2.05, 4.69) is 6.08 Å². The van der Waals surface area contributed by atoms with Gasteiger partial charge in [-0.25, -0.2) is 0 Å². The highest BCUT2D eigenvalue weighted by atomic mass is 16.7. The topological polar surface area (TPSA) is 35.5 Å². The Bertz CT molecular complexity index is 315. The van der Waals surface area contributed by atoms with E-state index < -0.39 is 5.79 Å². The van der Waals surface area contributed by atoms with Crippen LogP contribution in [0, 0.1) is 5.41 Å². The van der Waals surface area contributed by atoms with Crippen LogP contribution in [-0.2, 0) is 14.3 Å². The molecule has 3 aliphatic rings. The summed E-state index contributed by atoms with van der Waals surface area (Å²) in [5.41, 5.74) is 1.09. The summed E-state index contributed by atoms with van der Waals surface area (Å²) in [6.45, 7) is 1.36. The fraction of sp³-hybridized carbons (Fsp3) is 0.750. The maximum Gasteiger partial charge on any atom is 0.188 e. The molecule has 0 bridgehead atoms. The fourth-order valence-corrected chi connectivity index (χ4v) is 3.13. The van der Waals surface area contributed by atoms with Crippen LogP contribution in [0.5, 0.6) is 0 Å². The van der Waals surface area contributed by atoms with Crippen LogP contribution in [0.2, 0.25) is 0 Å². The van der Waals surface area contributed by atoms with E-state index in [0.717, 1.165) is 38.4 Å². The van der Waals surface area contributed by atoms with Gasteiger partial charge in [0.1, 0.15) is 6.29 Å². The molecule has 82 valence electrons. The van der Waals surface area contributed by atoms with Crippen LogP contribution in [0.1, 0.15) is 32.1 Å². The predicted octanol–water partition coefficient (Wildman–Crippen LogP) is 1.82. The summed E-state index contributed by atoms with van der Waals surface area (Å²) in [5.74, 6) is -0.480. The summed E-state index contributed by atoms with van der Waals surface area (Å²) >= 11 is 0. The van der Waals surface area contributed by atoms with E-state index in [0.29, 0.717) is 13.2 Å². The van der Waals surface area contributed by atoms with Crippen molar-refractivity contribution in [2.45, 2.75) is 37.9 Å². The van der Waals surface area contributed by atoms with Gasteiger partial charge in [-0.15, -0.1) is 0 Å². The number of rotatable bonds is 1. The highest BCUT2D eigenvalue weighted by Gasteiger charge is 2.48. The average molecular weight is 208 g/mol. The maximum absolute atomic E-state index is 11.2. The Morgan fingerprint density at radius 1 is 1.20 bits per heavy atom. The first kappa shape index (κ1) is 9.55. The zero-order valence-corrected chi connectivity index (χ0v) is 8.83. The van der Waals surface area contributed by atoms with Crippen LogP contribution in [0.3, 0.4) is 0 Å². The Morgan fingerprint density at radius 2 is 2.00 bits per heavy atom. The third kappa shape index (κ3) is 1.30. The minimum Gasteiger partial charge on any atom is -0.344 e. The van der Waals surface area contributed by atoms with Gasteiger partial charge in [0.25, 0.3) is 0 Å². The maximum atomic E-state index is 11.2. The third-order valence-electron chi connectivity index (χ3n) is 4.02. The molecule has 0 N–H and O–H groups in total. The monoisotopic (exact) mass is 208 g/mol. The molecule has 3 rings (SSSR count). The molecule has 1 spiro atoms. The second-order valence-corrected chi connectivity index (χ2v) is 4.81. The van der Waals surface area contributed by atoms with Crippen molar-refractivity contribution in [1.82, 2.24) is 0 Å². The summed E-state index contributed by atoms with van der Waals surface area (Å²) < 4.78 is 11.3. The lowest BCUT2D eigenvalue weighted by atomic mass is 9.74. The van der Waals surface area contributed by atoms with Crippen molar-refractivity contribution in [3.8, 4) is 0 Å². The van der Waals surface area contributed by atoms with E-state index in [9.17, 15) is 4.79 Å². The summed E-state index contributed by atoms with van der Waals surface area (Å²) in [4.78, 5) is 11.2. The predicted molar refractivity (Wildman–Crippen MR) is 54.3 cm³/mol. The molecule has 0 aromatic rings. The molecule has 2 aliphatic carbocycles. The standard InChI is InChI=1S/C12H16O3/c13-9-11-3-1-2-10(11)8-12(5-4-11)14-6-7-15-12/h8-9H,1-7H2. The summed E-state index contributed by atoms with van der Waals surface area (Å²) in [7, 11) is 0. The number of allylic oxidation sites excluding steroid dienone is 1. The first-order valence-corrected chi connectivity index (χ1v) is 5.75. The Labute approximate surface area is 89.4 Å². The Kier molecular flexibility index (Phi) is 2.01. The number of carbonyl (C=O) groups is 1. The van der Waals surface area contributed by atoms with Gasteiger partial charge in [0.2, 0.25) is 0 Å². The van der Waals surface area contributed by atoms with Crippen LogP contribution in [0.4, 0.5) is 0 Å². The van der Waals surface area contributed by atoms with E-state index >= 15 is 0 Å². The van der Waals surface area contributed by atoms with Crippen molar-refractivity contribution in [2.24, 2.45) is 5.41 Å². The summed E-state index contributed by atoms with van der Waals surface area (Å²) in [6, 6.07) is 0. The molecule has 15 heavy (non-hydrogen) atoms. The van der Waals surface area contributed by atoms with Crippen molar-refractivity contribution in [3.63, 3.8) is 0 Å². The lowest BCUT2D eigenvalue weighted by Gasteiger charge is -2.36. The van der Waals surface area contributed by atoms with Gasteiger partial charge in [-0.05, 0) is 31.8 Å². The molecular weight excluding hydrogens is 192 g/mol. The van der Waals surface area contributed by atoms with Crippen LogP contribution in [0.15, 0.2) is 11.6 Å². The van der Waals surface area contributed by atoms with Crippen LogP contribution < -0.4 is 0 Å². The van der Waals surface area contributed by atoms with E-state index in [1.54, 1.807) is 0 Å². The molecule has 3 heteroatoms. The molecule has 0 aromatic carbocycles. The van der Waals surface area contributed by atoms with Gasteiger partial charge < -0.3 is 14.3 Å². The molecule has 1 heterocycles. The van der Waals surface area contributed by atoms with Gasteiger partial charge in [0.05, 0.1) is 13.2 Å². The third-order valence-corrected chi connectivity index (χ3v) is 4.02. The summed E-state index contributed by atoms with van der Waals surface area (Å²) in [6.07, 6.45) is 8.13. The molecule has 2 fully saturated rings. The molecule has 1 unspecified atom stereocenters. The summed E-state index contributed by atoms with van der Waals surface area (Å²) in [5, 5.41) is 0. The molecular formula is C12H16O3. The largest absolute Gasteiger partial charge is 0.344 e. The van der Waals surface area contributed by atoms with Gasteiger partial charge in [-0.2, -0.15) is 0 Å². The van der Waals surface area contributed by atoms with Crippen molar-refractivity contribution >= 4 is 6.29 Å². The highest BCUT2D eigenvalue weighted by Crippen LogP contribution is 2.51. The second-order valence-electron chi connectivity index (χ2n) is 4.81. The number of ether oxygens (including phenoxy) is 2. The second kappa shape index (κ2) is 3.16. The Hall–Kier alpha value is -0.670. The molecule has 1 saturated heterocycles. The van der Waals surface area contributed by atoms with Crippen molar-refractivity contribution in [2.75, 3.05) is 13.2 Å². The lowest BCUT2D eigenvalue weighted by Crippen LogP contribution is -2.37. The van der Waals surface area contributed by atoms with Gasteiger partial charge in [-0.3, -0.25) is 0 Å². The minimum absolute atomic E-state index is 0.166. The van der Waals surface area contributed by atoms with E-state index in [-0.39, 0.29) is 5.41 Å². The van der Waals surface area contributed by atoms with E-state index in [1.165, 1.54) is 5.57 Å². The molecule has 0 amide bonds. The van der Waals surface area contributed by atoms with Gasteiger partial charge in [-0.1, -0.05) is 5.57 Å². The fourth-order valence-electron chi connectivity index (χ4n) is 3.13. The number of hydrogen-bond acceptors (Lipinski definition) is 3. The van der Waals surface area contributed by atoms with Crippen molar-refractivity contribution in [1.29, 1.82) is 0 Å². The van der Waals surface area contributed by atoms with Crippen molar-refractivity contribution in [3.05, 3.63) is 11.6 Å². The molecule has 1 atom stereocenters. The molecule has 0 radical (unpaired) electrons. The zero-order valence-electron chi connectivity index (χ0n) is 8.83. The number of fused-ring (bicyclic) bond motifs is 1. The molecule has 0 aromatic heterocycles. The number of hydrogen-bond donors (Lipinski definition) is 0. The zero-order chi connectivity index (χ0) is 10.4. The van der Waals surface area contributed by atoms with E-state index in [4.69, 9.17) is 9.47 Å². The Balaban J connectivity index is 1.96. The average Bonchev–Trinajstić information content (AvgIpc) is 2.86. The number of aldehydes is 1. The lowest BCUT2D eigenvalue weighted by molar-refractivity contribution is -0.136. The van der Waals surface area contributed by atoms with Crippen LogP contribution in [-0.4, -0.2) is 25.3 Å². The van der Waals surface area contributed by atoms with Gasteiger partial charge >= 0.3 is 0 Å². The Morgan fingerprint density at radius 3 is 2.73 bits per heavy atom. The normalized spacial score (nSPS) is 37.7. The molecule has 3 nitrogen and oxygen atoms in total. The molecule has 1 aliphatic heterocycles. The number of carbonyl (C=O) groups excluding carboxylic acids is 1. The van der Waals surface area contributed by atoms with Crippen molar-refractivity contribution < 1.29 is 14.3 Å². The van der Waals surface area contributed by atoms with E-state index in [1.807, 2.05) is 0 Å². The van der Waals surface area contributed by atoms with Crippen LogP contribution in [0.25, 0.3) is 0 Å². The van der Waals surface area contributed by atoms with Gasteiger partial charge in [0, 0.05) is 11.8 Å². The smallest absolute Gasteiger partial charge is 0.188 e. The first-order chi connectivity index (χ1) is 7.29. The highest BCUT2D eigenvalue weighted by molar-refractivity contribution is 5.67. The minimum atomic E-state index is -0.480. The van der Waals surface area contributed by atoms with Crippen LogP contribution >= 0.6 is 0 Å². The first-order valence-electron chi connectivity index (χ1n) is 5.75. The quantitative estimate of drug-likeness (QED) is 0.487. The van der Waals surface area contributed by atoms with Gasteiger partial charge in [0.15, 0.2) is 5.79 Å².